The highest BCUT2D eigenvalue weighted by atomic mass is 15.2. The lowest BCUT2D eigenvalue weighted by Gasteiger charge is -2.19. The molecule has 18 heavy (non-hydrogen) atoms. The number of rotatable bonds is 9. The Kier molecular flexibility index (Phi) is 5.26. The second-order valence-electron chi connectivity index (χ2n) is 5.29. The van der Waals surface area contributed by atoms with Gasteiger partial charge in [-0.05, 0) is 37.4 Å². The zero-order valence-electron chi connectivity index (χ0n) is 11.9. The molecule has 0 saturated heterocycles. The van der Waals surface area contributed by atoms with E-state index >= 15 is 0 Å². The summed E-state index contributed by atoms with van der Waals surface area (Å²) in [5.74, 6) is 0. The van der Waals surface area contributed by atoms with E-state index in [2.05, 4.69) is 47.1 Å². The van der Waals surface area contributed by atoms with Crippen LogP contribution in [0, 0.1) is 0 Å². The van der Waals surface area contributed by atoms with Gasteiger partial charge in [-0.1, -0.05) is 13.8 Å². The number of hydrogen-bond acceptors (Lipinski definition) is 2. The Balaban J connectivity index is 1.61. The molecule has 1 heterocycles. The van der Waals surface area contributed by atoms with Crippen molar-refractivity contribution in [2.45, 2.75) is 52.2 Å². The molecule has 1 aliphatic rings. The minimum Gasteiger partial charge on any atom is -0.354 e. The molecule has 1 N–H and O–H groups in total. The van der Waals surface area contributed by atoms with Gasteiger partial charge >= 0.3 is 0 Å². The largest absolute Gasteiger partial charge is 0.354 e. The van der Waals surface area contributed by atoms with Crippen molar-refractivity contribution in [1.29, 1.82) is 0 Å². The number of nitrogens with one attached hydrogen (secondary N) is 1. The molecular formula is C15H27N3. The van der Waals surface area contributed by atoms with Gasteiger partial charge in [-0.25, -0.2) is 0 Å². The number of aromatic nitrogens is 1. The van der Waals surface area contributed by atoms with Crippen molar-refractivity contribution < 1.29 is 0 Å². The molecule has 0 atom stereocenters. The summed E-state index contributed by atoms with van der Waals surface area (Å²) in [6, 6.07) is 3.11. The van der Waals surface area contributed by atoms with Crippen LogP contribution in [-0.4, -0.2) is 35.1 Å². The molecule has 1 aromatic rings. The summed E-state index contributed by atoms with van der Waals surface area (Å²) in [4.78, 5) is 2.59. The van der Waals surface area contributed by atoms with E-state index in [4.69, 9.17) is 0 Å². The third-order valence-electron chi connectivity index (χ3n) is 3.67. The first-order chi connectivity index (χ1) is 8.83. The smallest absolute Gasteiger partial charge is 0.0221 e. The van der Waals surface area contributed by atoms with E-state index in [0.717, 1.165) is 25.7 Å². The summed E-state index contributed by atoms with van der Waals surface area (Å²) in [7, 11) is 0. The Morgan fingerprint density at radius 3 is 2.89 bits per heavy atom. The van der Waals surface area contributed by atoms with Crippen LogP contribution in [0.2, 0.25) is 0 Å². The minimum absolute atomic E-state index is 0.891. The van der Waals surface area contributed by atoms with Crippen LogP contribution in [0.5, 0.6) is 0 Å². The lowest BCUT2D eigenvalue weighted by Crippen LogP contribution is -2.33. The molecule has 1 aromatic heterocycles. The number of nitrogens with zero attached hydrogens (tertiary/aromatic N) is 2. The zero-order chi connectivity index (χ0) is 12.8. The van der Waals surface area contributed by atoms with Crippen LogP contribution in [0.4, 0.5) is 0 Å². The highest BCUT2D eigenvalue weighted by Crippen LogP contribution is 2.25. The Hall–Kier alpha value is -0.800. The Labute approximate surface area is 111 Å². The number of aryl methyl sites for hydroxylation is 1. The minimum atomic E-state index is 0.891. The van der Waals surface area contributed by atoms with Crippen LogP contribution >= 0.6 is 0 Å². The molecule has 0 spiro atoms. The van der Waals surface area contributed by atoms with E-state index in [9.17, 15) is 0 Å². The van der Waals surface area contributed by atoms with E-state index < -0.39 is 0 Å². The third kappa shape index (κ3) is 4.14. The third-order valence-corrected chi connectivity index (χ3v) is 3.67. The second kappa shape index (κ2) is 6.95. The van der Waals surface area contributed by atoms with Gasteiger partial charge in [-0.3, -0.25) is 4.90 Å². The van der Waals surface area contributed by atoms with Gasteiger partial charge in [0.15, 0.2) is 0 Å². The van der Waals surface area contributed by atoms with Gasteiger partial charge in [-0.2, -0.15) is 0 Å². The summed E-state index contributed by atoms with van der Waals surface area (Å²) in [5.41, 5.74) is 1.40. The van der Waals surface area contributed by atoms with Gasteiger partial charge in [0.05, 0.1) is 0 Å². The van der Waals surface area contributed by atoms with E-state index in [0.29, 0.717) is 0 Å². The first kappa shape index (κ1) is 13.6. The average molecular weight is 249 g/mol. The summed E-state index contributed by atoms with van der Waals surface area (Å²) < 4.78 is 2.28. The van der Waals surface area contributed by atoms with Crippen molar-refractivity contribution in [3.05, 3.63) is 24.0 Å². The quantitative estimate of drug-likeness (QED) is 0.679. The molecule has 102 valence electrons. The van der Waals surface area contributed by atoms with Crippen molar-refractivity contribution in [2.24, 2.45) is 0 Å². The van der Waals surface area contributed by atoms with E-state index in [1.807, 2.05) is 0 Å². The van der Waals surface area contributed by atoms with Gasteiger partial charge in [-0.15, -0.1) is 0 Å². The molecule has 0 aliphatic heterocycles. The Morgan fingerprint density at radius 1 is 1.39 bits per heavy atom. The van der Waals surface area contributed by atoms with Crippen LogP contribution in [0.15, 0.2) is 18.5 Å². The van der Waals surface area contributed by atoms with Crippen molar-refractivity contribution in [2.75, 3.05) is 19.6 Å². The predicted octanol–water partition coefficient (Wildman–Crippen LogP) is 2.47. The summed E-state index contributed by atoms with van der Waals surface area (Å²) >= 11 is 0. The molecule has 3 nitrogen and oxygen atoms in total. The lowest BCUT2D eigenvalue weighted by atomic mass is 10.3. The topological polar surface area (TPSA) is 20.2 Å². The van der Waals surface area contributed by atoms with Crippen LogP contribution in [-0.2, 0) is 13.1 Å². The molecule has 0 amide bonds. The maximum atomic E-state index is 3.55. The first-order valence-corrected chi connectivity index (χ1v) is 7.43. The standard InChI is InChI=1S/C15H27N3/c1-3-9-17-10-7-14(13-17)12-16-8-11-18(4-2)15-5-6-15/h7,10,13,15-16H,3-6,8-9,11-12H2,1-2H3. The summed E-state index contributed by atoms with van der Waals surface area (Å²) in [5, 5.41) is 3.55. The summed E-state index contributed by atoms with van der Waals surface area (Å²) in [6.07, 6.45) is 8.47. The zero-order valence-corrected chi connectivity index (χ0v) is 11.9. The predicted molar refractivity (Wildman–Crippen MR) is 76.7 cm³/mol. The summed E-state index contributed by atoms with van der Waals surface area (Å²) in [6.45, 7) is 10.1. The maximum absolute atomic E-state index is 3.55. The Morgan fingerprint density at radius 2 is 2.22 bits per heavy atom. The average Bonchev–Trinajstić information content (AvgIpc) is 3.11. The van der Waals surface area contributed by atoms with Crippen LogP contribution in [0.25, 0.3) is 0 Å². The lowest BCUT2D eigenvalue weighted by molar-refractivity contribution is 0.277. The first-order valence-electron chi connectivity index (χ1n) is 7.43. The molecule has 0 aromatic carbocycles. The van der Waals surface area contributed by atoms with Gasteiger partial charge in [0, 0.05) is 44.6 Å². The molecule has 3 heteroatoms. The molecule has 1 fully saturated rings. The van der Waals surface area contributed by atoms with Crippen LogP contribution in [0.3, 0.4) is 0 Å². The highest BCUT2D eigenvalue weighted by molar-refractivity contribution is 5.09. The maximum Gasteiger partial charge on any atom is 0.0221 e. The van der Waals surface area contributed by atoms with E-state index in [1.54, 1.807) is 0 Å². The molecule has 0 radical (unpaired) electrons. The van der Waals surface area contributed by atoms with Crippen molar-refractivity contribution in [3.8, 4) is 0 Å². The fourth-order valence-electron chi connectivity index (χ4n) is 2.49. The monoisotopic (exact) mass is 249 g/mol. The van der Waals surface area contributed by atoms with Crippen LogP contribution in [0.1, 0.15) is 38.7 Å². The normalized spacial score (nSPS) is 15.5. The highest BCUT2D eigenvalue weighted by Gasteiger charge is 2.26. The fourth-order valence-corrected chi connectivity index (χ4v) is 2.49. The van der Waals surface area contributed by atoms with Gasteiger partial charge in [0.25, 0.3) is 0 Å². The SMILES string of the molecule is CCCn1ccc(CNCCN(CC)C2CC2)c1. The van der Waals surface area contributed by atoms with Gasteiger partial charge in [0.2, 0.25) is 0 Å². The Bertz CT molecular complexity index is 341. The van der Waals surface area contributed by atoms with Crippen molar-refractivity contribution in [3.63, 3.8) is 0 Å². The molecule has 0 bridgehead atoms. The molecule has 0 unspecified atom stereocenters. The van der Waals surface area contributed by atoms with E-state index in [1.165, 1.54) is 37.9 Å². The molecule has 1 aliphatic carbocycles. The molecule has 1 saturated carbocycles. The number of hydrogen-bond donors (Lipinski definition) is 1. The fraction of sp³-hybridized carbons (Fsp3) is 0.733. The van der Waals surface area contributed by atoms with E-state index in [-0.39, 0.29) is 0 Å². The van der Waals surface area contributed by atoms with Gasteiger partial charge < -0.3 is 9.88 Å². The van der Waals surface area contributed by atoms with Crippen molar-refractivity contribution in [1.82, 2.24) is 14.8 Å². The van der Waals surface area contributed by atoms with Crippen LogP contribution < -0.4 is 5.32 Å². The van der Waals surface area contributed by atoms with Gasteiger partial charge in [0.1, 0.15) is 0 Å². The molecular weight excluding hydrogens is 222 g/mol. The second-order valence-corrected chi connectivity index (χ2v) is 5.29. The molecule has 2 rings (SSSR count). The number of likely N-dealkylation sites (N-methyl/N-ethyl adjacent to an activating group) is 1. The van der Waals surface area contributed by atoms with Crippen molar-refractivity contribution >= 4 is 0 Å².